The van der Waals surface area contributed by atoms with Gasteiger partial charge in [0.1, 0.15) is 0 Å². The van der Waals surface area contributed by atoms with E-state index in [1.807, 2.05) is 5.38 Å². The quantitative estimate of drug-likeness (QED) is 0.905. The summed E-state index contributed by atoms with van der Waals surface area (Å²) in [6.07, 6.45) is 8.81. The van der Waals surface area contributed by atoms with Crippen molar-refractivity contribution in [1.82, 2.24) is 4.98 Å². The van der Waals surface area contributed by atoms with Gasteiger partial charge in [0.2, 0.25) is 0 Å². The van der Waals surface area contributed by atoms with Crippen molar-refractivity contribution in [3.8, 4) is 0 Å². The van der Waals surface area contributed by atoms with E-state index in [-0.39, 0.29) is 6.42 Å². The van der Waals surface area contributed by atoms with Crippen LogP contribution in [0.3, 0.4) is 0 Å². The van der Waals surface area contributed by atoms with Crippen molar-refractivity contribution in [1.29, 1.82) is 0 Å². The van der Waals surface area contributed by atoms with Crippen molar-refractivity contribution in [3.05, 3.63) is 11.1 Å². The summed E-state index contributed by atoms with van der Waals surface area (Å²) in [5.74, 6) is 0.105. The first-order chi connectivity index (χ1) is 9.74. The monoisotopic (exact) mass is 294 g/mol. The molecule has 0 amide bonds. The van der Waals surface area contributed by atoms with Gasteiger partial charge < -0.3 is 10.0 Å². The average Bonchev–Trinajstić information content (AvgIpc) is 3.15. The third-order valence-electron chi connectivity index (χ3n) is 4.62. The van der Waals surface area contributed by atoms with Gasteiger partial charge >= 0.3 is 5.97 Å². The predicted molar refractivity (Wildman–Crippen MR) is 80.4 cm³/mol. The zero-order chi connectivity index (χ0) is 13.9. The van der Waals surface area contributed by atoms with Gasteiger partial charge in [-0.3, -0.25) is 4.79 Å². The first kappa shape index (κ1) is 13.9. The molecule has 1 aliphatic heterocycles. The minimum absolute atomic E-state index is 0.176. The zero-order valence-electron chi connectivity index (χ0n) is 11.8. The fourth-order valence-electron chi connectivity index (χ4n) is 3.64. The van der Waals surface area contributed by atoms with Crippen LogP contribution in [-0.2, 0) is 11.2 Å². The number of hydrogen-bond donors (Lipinski definition) is 1. The molecule has 5 heteroatoms. The Balaban J connectivity index is 1.66. The molecule has 1 aliphatic carbocycles. The number of aliphatic carboxylic acids is 1. The number of carboxylic acids is 1. The maximum absolute atomic E-state index is 10.6. The standard InChI is InChI=1S/C15H22N2O2S/c18-14(19)8-7-12-10-20-15(16-12)17-9-3-6-13(17)11-4-1-2-5-11/h10-11,13H,1-9H2,(H,18,19). The molecule has 1 saturated carbocycles. The van der Waals surface area contributed by atoms with E-state index in [0.29, 0.717) is 12.5 Å². The van der Waals surface area contributed by atoms with E-state index >= 15 is 0 Å². The molecule has 1 saturated heterocycles. The summed E-state index contributed by atoms with van der Waals surface area (Å²) in [7, 11) is 0. The van der Waals surface area contributed by atoms with Crippen LogP contribution in [0.2, 0.25) is 0 Å². The van der Waals surface area contributed by atoms with E-state index in [0.717, 1.165) is 23.3 Å². The Bertz CT molecular complexity index is 468. The number of hydrogen-bond acceptors (Lipinski definition) is 4. The molecule has 1 aromatic rings. The minimum Gasteiger partial charge on any atom is -0.481 e. The number of anilines is 1. The summed E-state index contributed by atoms with van der Waals surface area (Å²) >= 11 is 1.68. The highest BCUT2D eigenvalue weighted by Gasteiger charge is 2.34. The molecule has 1 N–H and O–H groups in total. The Morgan fingerprint density at radius 2 is 2.15 bits per heavy atom. The van der Waals surface area contributed by atoms with Gasteiger partial charge in [-0.2, -0.15) is 0 Å². The molecule has 2 aliphatic rings. The van der Waals surface area contributed by atoms with Crippen molar-refractivity contribution in [3.63, 3.8) is 0 Å². The van der Waals surface area contributed by atoms with Crippen molar-refractivity contribution in [2.24, 2.45) is 5.92 Å². The van der Waals surface area contributed by atoms with Crippen LogP contribution in [0, 0.1) is 5.92 Å². The highest BCUT2D eigenvalue weighted by atomic mass is 32.1. The fraction of sp³-hybridized carbons (Fsp3) is 0.733. The summed E-state index contributed by atoms with van der Waals surface area (Å²) in [4.78, 5) is 17.8. The predicted octanol–water partition coefficient (Wildman–Crippen LogP) is 3.32. The molecular weight excluding hydrogens is 272 g/mol. The summed E-state index contributed by atoms with van der Waals surface area (Å²) in [6, 6.07) is 0.677. The van der Waals surface area contributed by atoms with Crippen LogP contribution in [-0.4, -0.2) is 28.6 Å². The second-order valence-electron chi connectivity index (χ2n) is 5.96. The summed E-state index contributed by atoms with van der Waals surface area (Å²) < 4.78 is 0. The maximum atomic E-state index is 10.6. The highest BCUT2D eigenvalue weighted by molar-refractivity contribution is 7.13. The average molecular weight is 294 g/mol. The second-order valence-corrected chi connectivity index (χ2v) is 6.80. The molecule has 1 unspecified atom stereocenters. The van der Waals surface area contributed by atoms with Crippen LogP contribution in [0.25, 0.3) is 0 Å². The maximum Gasteiger partial charge on any atom is 0.303 e. The number of thiazole rings is 1. The van der Waals surface area contributed by atoms with E-state index in [4.69, 9.17) is 5.11 Å². The van der Waals surface area contributed by atoms with Gasteiger partial charge in [0.25, 0.3) is 0 Å². The molecule has 2 fully saturated rings. The summed E-state index contributed by atoms with van der Waals surface area (Å²) in [6.45, 7) is 1.12. The number of rotatable bonds is 5. The molecular formula is C15H22N2O2S. The Hall–Kier alpha value is -1.10. The van der Waals surface area contributed by atoms with Crippen LogP contribution in [0.4, 0.5) is 5.13 Å². The lowest BCUT2D eigenvalue weighted by Gasteiger charge is -2.29. The first-order valence-electron chi connectivity index (χ1n) is 7.67. The molecule has 4 nitrogen and oxygen atoms in total. The summed E-state index contributed by atoms with van der Waals surface area (Å²) in [5.41, 5.74) is 0.935. The van der Waals surface area contributed by atoms with Crippen molar-refractivity contribution >= 4 is 22.4 Å². The van der Waals surface area contributed by atoms with Gasteiger partial charge in [0.05, 0.1) is 12.1 Å². The smallest absolute Gasteiger partial charge is 0.303 e. The Morgan fingerprint density at radius 3 is 2.90 bits per heavy atom. The number of aromatic nitrogens is 1. The molecule has 3 rings (SSSR count). The minimum atomic E-state index is -0.746. The van der Waals surface area contributed by atoms with Crippen LogP contribution in [0.15, 0.2) is 5.38 Å². The Kier molecular flexibility index (Phi) is 4.24. The van der Waals surface area contributed by atoms with Gasteiger partial charge in [0.15, 0.2) is 5.13 Å². The Labute approximate surface area is 123 Å². The van der Waals surface area contributed by atoms with Crippen LogP contribution in [0.5, 0.6) is 0 Å². The van der Waals surface area contributed by atoms with Crippen LogP contribution >= 0.6 is 11.3 Å². The third-order valence-corrected chi connectivity index (χ3v) is 5.55. The third kappa shape index (κ3) is 2.97. The van der Waals surface area contributed by atoms with E-state index in [1.165, 1.54) is 38.5 Å². The van der Waals surface area contributed by atoms with Crippen LogP contribution in [0.1, 0.15) is 50.6 Å². The van der Waals surface area contributed by atoms with Gasteiger partial charge in [-0.15, -0.1) is 11.3 Å². The van der Waals surface area contributed by atoms with Crippen molar-refractivity contribution < 1.29 is 9.90 Å². The largest absolute Gasteiger partial charge is 0.481 e. The lowest BCUT2D eigenvalue weighted by Crippen LogP contribution is -2.34. The SMILES string of the molecule is O=C(O)CCc1csc(N2CCCC2C2CCCC2)n1. The zero-order valence-corrected chi connectivity index (χ0v) is 12.6. The number of nitrogens with zero attached hydrogens (tertiary/aromatic N) is 2. The topological polar surface area (TPSA) is 53.4 Å². The van der Waals surface area contributed by atoms with Crippen LogP contribution < -0.4 is 4.90 Å². The molecule has 1 aromatic heterocycles. The highest BCUT2D eigenvalue weighted by Crippen LogP contribution is 2.38. The van der Waals surface area contributed by atoms with Gasteiger partial charge in [-0.25, -0.2) is 4.98 Å². The molecule has 0 radical (unpaired) electrons. The number of carboxylic acid groups (broad SMARTS) is 1. The van der Waals surface area contributed by atoms with Crippen molar-refractivity contribution in [2.45, 2.75) is 57.4 Å². The number of carbonyl (C=O) groups is 1. The van der Waals surface area contributed by atoms with Gasteiger partial charge in [0, 0.05) is 24.4 Å². The molecule has 1 atom stereocenters. The molecule has 2 heterocycles. The first-order valence-corrected chi connectivity index (χ1v) is 8.55. The molecule has 0 spiro atoms. The van der Waals surface area contributed by atoms with E-state index in [9.17, 15) is 4.79 Å². The molecule has 110 valence electrons. The lowest BCUT2D eigenvalue weighted by atomic mass is 9.96. The van der Waals surface area contributed by atoms with Crippen molar-refractivity contribution in [2.75, 3.05) is 11.4 Å². The molecule has 20 heavy (non-hydrogen) atoms. The van der Waals surface area contributed by atoms with E-state index in [2.05, 4.69) is 9.88 Å². The van der Waals surface area contributed by atoms with Gasteiger partial charge in [-0.05, 0) is 31.6 Å². The Morgan fingerprint density at radius 1 is 1.35 bits per heavy atom. The van der Waals surface area contributed by atoms with E-state index in [1.54, 1.807) is 11.3 Å². The lowest BCUT2D eigenvalue weighted by molar-refractivity contribution is -0.136. The normalized spacial score (nSPS) is 23.6. The summed E-state index contributed by atoms with van der Waals surface area (Å²) in [5, 5.41) is 11.9. The fourth-order valence-corrected chi connectivity index (χ4v) is 4.58. The van der Waals surface area contributed by atoms with Gasteiger partial charge in [-0.1, -0.05) is 12.8 Å². The molecule has 0 aromatic carbocycles. The number of aryl methyl sites for hydroxylation is 1. The molecule has 0 bridgehead atoms. The second kappa shape index (κ2) is 6.12. The van der Waals surface area contributed by atoms with E-state index < -0.39 is 5.97 Å².